The summed E-state index contributed by atoms with van der Waals surface area (Å²) in [5, 5.41) is 2.77. The van der Waals surface area contributed by atoms with E-state index in [1.807, 2.05) is 0 Å². The monoisotopic (exact) mass is 270 g/mol. The third-order valence-electron chi connectivity index (χ3n) is 3.85. The summed E-state index contributed by atoms with van der Waals surface area (Å²) in [4.78, 5) is 23.4. The lowest BCUT2D eigenvalue weighted by Gasteiger charge is -2.08. The van der Waals surface area contributed by atoms with Gasteiger partial charge in [-0.3, -0.25) is 9.59 Å². The number of benzene rings is 1. The number of nitrogens with one attached hydrogen (secondary N) is 1. The Hall–Kier alpha value is -2.10. The highest BCUT2D eigenvalue weighted by Gasteiger charge is 2.36. The van der Waals surface area contributed by atoms with E-state index in [0.29, 0.717) is 23.1 Å². The van der Waals surface area contributed by atoms with E-state index < -0.39 is 5.91 Å². The smallest absolute Gasteiger partial charge is 0.250 e. The van der Waals surface area contributed by atoms with Crippen LogP contribution in [0.15, 0.2) is 35.9 Å². The van der Waals surface area contributed by atoms with Gasteiger partial charge in [0.2, 0.25) is 5.91 Å². The van der Waals surface area contributed by atoms with Crippen LogP contribution in [-0.2, 0) is 4.79 Å². The molecule has 1 aromatic carbocycles. The van der Waals surface area contributed by atoms with Gasteiger partial charge in [-0.1, -0.05) is 17.7 Å². The van der Waals surface area contributed by atoms with E-state index in [9.17, 15) is 9.59 Å². The van der Waals surface area contributed by atoms with Crippen LogP contribution in [-0.4, -0.2) is 11.8 Å². The number of carbonyl (C=O) groups excluding carboxylic acids is 2. The van der Waals surface area contributed by atoms with Crippen LogP contribution < -0.4 is 11.1 Å². The minimum Gasteiger partial charge on any atom is -0.366 e. The molecule has 0 atom stereocenters. The van der Waals surface area contributed by atoms with E-state index >= 15 is 0 Å². The number of hydrogen-bond donors (Lipinski definition) is 2. The van der Waals surface area contributed by atoms with Gasteiger partial charge in [-0.15, -0.1) is 0 Å². The third kappa shape index (κ3) is 2.90. The Morgan fingerprint density at radius 1 is 1.10 bits per heavy atom. The molecule has 4 heteroatoms. The second-order valence-electron chi connectivity index (χ2n) is 5.59. The van der Waals surface area contributed by atoms with E-state index in [1.54, 1.807) is 30.3 Å². The Bertz CT molecular complexity index is 570. The van der Waals surface area contributed by atoms with Gasteiger partial charge < -0.3 is 11.1 Å². The molecule has 0 unspecified atom stereocenters. The molecule has 4 nitrogen and oxygen atoms in total. The van der Waals surface area contributed by atoms with Crippen molar-refractivity contribution in [3.8, 4) is 0 Å². The van der Waals surface area contributed by atoms with E-state index in [0.717, 1.165) is 0 Å². The number of rotatable bonds is 5. The lowest BCUT2D eigenvalue weighted by Crippen LogP contribution is -2.17. The molecule has 0 radical (unpaired) electrons. The maximum Gasteiger partial charge on any atom is 0.250 e. The van der Waals surface area contributed by atoms with Crippen LogP contribution >= 0.6 is 0 Å². The fourth-order valence-electron chi connectivity index (χ4n) is 2.53. The first kappa shape index (κ1) is 12.9. The quantitative estimate of drug-likeness (QED) is 0.807. The zero-order chi connectivity index (χ0) is 14.1. The summed E-state index contributed by atoms with van der Waals surface area (Å²) in [6.07, 6.45) is 6.54. The van der Waals surface area contributed by atoms with Crippen LogP contribution in [0.2, 0.25) is 0 Å². The highest BCUT2D eigenvalue weighted by Crippen LogP contribution is 2.48. The second kappa shape index (κ2) is 5.12. The van der Waals surface area contributed by atoms with Gasteiger partial charge in [0, 0.05) is 6.08 Å². The van der Waals surface area contributed by atoms with Crippen LogP contribution in [0.3, 0.4) is 0 Å². The Morgan fingerprint density at radius 3 is 2.25 bits per heavy atom. The van der Waals surface area contributed by atoms with Crippen molar-refractivity contribution in [1.82, 2.24) is 0 Å². The summed E-state index contributed by atoms with van der Waals surface area (Å²) in [5.74, 6) is 0.529. The lowest BCUT2D eigenvalue weighted by atomic mass is 10.1. The summed E-state index contributed by atoms with van der Waals surface area (Å²) in [6, 6.07) is 6.81. The van der Waals surface area contributed by atoms with Crippen molar-refractivity contribution in [3.05, 3.63) is 41.5 Å². The highest BCUT2D eigenvalue weighted by molar-refractivity contribution is 6.06. The predicted octanol–water partition coefficient (Wildman–Crippen LogP) is 2.47. The summed E-state index contributed by atoms with van der Waals surface area (Å²) < 4.78 is 0. The van der Waals surface area contributed by atoms with Crippen molar-refractivity contribution in [1.29, 1.82) is 0 Å². The molecule has 0 spiro atoms. The average Bonchev–Trinajstić information content (AvgIpc) is 3.28. The first-order chi connectivity index (χ1) is 9.65. The molecule has 2 fully saturated rings. The zero-order valence-electron chi connectivity index (χ0n) is 11.3. The Balaban J connectivity index is 1.75. The number of carbonyl (C=O) groups is 2. The van der Waals surface area contributed by atoms with E-state index in [1.165, 1.54) is 31.3 Å². The van der Waals surface area contributed by atoms with Crippen LogP contribution in [0.25, 0.3) is 0 Å². The molecule has 0 aromatic heterocycles. The van der Waals surface area contributed by atoms with Crippen LogP contribution in [0.1, 0.15) is 36.0 Å². The van der Waals surface area contributed by atoms with Gasteiger partial charge in [0.1, 0.15) is 0 Å². The molecule has 2 aliphatic carbocycles. The first-order valence-electron chi connectivity index (χ1n) is 7.06. The molecule has 0 heterocycles. The van der Waals surface area contributed by atoms with Crippen molar-refractivity contribution in [2.45, 2.75) is 25.7 Å². The van der Waals surface area contributed by atoms with Crippen molar-refractivity contribution >= 4 is 17.5 Å². The van der Waals surface area contributed by atoms with Gasteiger partial charge in [-0.2, -0.15) is 0 Å². The Morgan fingerprint density at radius 2 is 1.70 bits per heavy atom. The summed E-state index contributed by atoms with van der Waals surface area (Å²) in [6.45, 7) is 0. The molecule has 2 aliphatic rings. The van der Waals surface area contributed by atoms with E-state index in [2.05, 4.69) is 5.32 Å². The molecule has 2 saturated carbocycles. The topological polar surface area (TPSA) is 72.2 Å². The minimum atomic E-state index is -0.533. The molecular weight excluding hydrogens is 252 g/mol. The van der Waals surface area contributed by atoms with Gasteiger partial charge >= 0.3 is 0 Å². The molecule has 0 saturated heterocycles. The normalized spacial score (nSPS) is 17.4. The number of primary amides is 1. The van der Waals surface area contributed by atoms with E-state index in [-0.39, 0.29) is 5.91 Å². The Kier molecular flexibility index (Phi) is 3.30. The van der Waals surface area contributed by atoms with Crippen molar-refractivity contribution in [2.24, 2.45) is 17.6 Å². The molecule has 2 amide bonds. The van der Waals surface area contributed by atoms with Gasteiger partial charge in [0.15, 0.2) is 0 Å². The largest absolute Gasteiger partial charge is 0.366 e. The molecule has 1 aromatic rings. The summed E-state index contributed by atoms with van der Waals surface area (Å²) in [7, 11) is 0. The number of hydrogen-bond acceptors (Lipinski definition) is 2. The van der Waals surface area contributed by atoms with Crippen LogP contribution in [0.5, 0.6) is 0 Å². The van der Waals surface area contributed by atoms with E-state index in [4.69, 9.17) is 5.73 Å². The molecular formula is C16H18N2O2. The maximum atomic E-state index is 12.1. The van der Waals surface area contributed by atoms with Crippen LogP contribution in [0.4, 0.5) is 5.69 Å². The number of nitrogens with two attached hydrogens (primary N) is 1. The molecule has 104 valence electrons. The van der Waals surface area contributed by atoms with Crippen molar-refractivity contribution in [2.75, 3.05) is 5.32 Å². The zero-order valence-corrected chi connectivity index (χ0v) is 11.3. The SMILES string of the molecule is NC(=O)c1ccccc1NC(=O)C=C(C1CC1)C1CC1. The fraction of sp³-hybridized carbons (Fsp3) is 0.375. The van der Waals surface area contributed by atoms with Crippen molar-refractivity contribution in [3.63, 3.8) is 0 Å². The maximum absolute atomic E-state index is 12.1. The number of anilines is 1. The average molecular weight is 270 g/mol. The molecule has 3 N–H and O–H groups in total. The standard InChI is InChI=1S/C16H18N2O2/c17-16(20)12-3-1-2-4-14(12)18-15(19)9-13(10-5-6-10)11-7-8-11/h1-4,9-11H,5-8H2,(H2,17,20)(H,18,19). The number of amides is 2. The van der Waals surface area contributed by atoms with Gasteiger partial charge in [0.25, 0.3) is 5.91 Å². The van der Waals surface area contributed by atoms with Crippen LogP contribution in [0, 0.1) is 11.8 Å². The van der Waals surface area contributed by atoms with Gasteiger partial charge in [-0.05, 0) is 49.7 Å². The summed E-state index contributed by atoms with van der Waals surface area (Å²) >= 11 is 0. The van der Waals surface area contributed by atoms with Gasteiger partial charge in [0.05, 0.1) is 11.3 Å². The minimum absolute atomic E-state index is 0.160. The van der Waals surface area contributed by atoms with Crippen molar-refractivity contribution < 1.29 is 9.59 Å². The summed E-state index contributed by atoms with van der Waals surface area (Å²) in [5.41, 5.74) is 7.41. The molecule has 0 aliphatic heterocycles. The highest BCUT2D eigenvalue weighted by atomic mass is 16.2. The first-order valence-corrected chi connectivity index (χ1v) is 7.06. The predicted molar refractivity (Wildman–Crippen MR) is 77.1 cm³/mol. The number of para-hydroxylation sites is 1. The lowest BCUT2D eigenvalue weighted by molar-refractivity contribution is -0.112. The molecule has 0 bridgehead atoms. The molecule has 3 rings (SSSR count). The molecule has 20 heavy (non-hydrogen) atoms. The Labute approximate surface area is 118 Å². The third-order valence-corrected chi connectivity index (χ3v) is 3.85. The number of allylic oxidation sites excluding steroid dienone is 1. The van der Waals surface area contributed by atoms with Gasteiger partial charge in [-0.25, -0.2) is 0 Å². The second-order valence-corrected chi connectivity index (χ2v) is 5.59. The fourth-order valence-corrected chi connectivity index (χ4v) is 2.53.